The Morgan fingerprint density at radius 1 is 1.06 bits per heavy atom. The Balaban J connectivity index is 1.33. The molecule has 3 aromatic heterocycles. The van der Waals surface area contributed by atoms with E-state index in [9.17, 15) is 18.8 Å². The minimum Gasteiger partial charge on any atom is -0.468 e. The molecule has 1 amide bonds. The summed E-state index contributed by atoms with van der Waals surface area (Å²) in [5, 5.41) is 3.10. The predicted molar refractivity (Wildman–Crippen MR) is 135 cm³/mol. The van der Waals surface area contributed by atoms with Gasteiger partial charge in [0.05, 0.1) is 11.6 Å². The fraction of sp³-hybridized carbons (Fsp3) is 0.480. The number of nitrogens with zero attached hydrogens (tertiary/aromatic N) is 4. The summed E-state index contributed by atoms with van der Waals surface area (Å²) in [6.45, 7) is -0.135. The molecular formula is C25H28FN5O4S. The molecule has 1 N–H and O–H groups in total. The van der Waals surface area contributed by atoms with Crippen molar-refractivity contribution in [1.29, 1.82) is 0 Å². The number of aromatic nitrogens is 4. The largest absolute Gasteiger partial charge is 0.468 e. The predicted octanol–water partition coefficient (Wildman–Crippen LogP) is 2.84. The molecule has 2 fully saturated rings. The number of ether oxygens (including phenoxy) is 1. The lowest BCUT2D eigenvalue weighted by Gasteiger charge is -2.31. The maximum Gasteiger partial charge on any atom is 0.333 e. The molecule has 36 heavy (non-hydrogen) atoms. The van der Waals surface area contributed by atoms with Gasteiger partial charge in [0.1, 0.15) is 11.5 Å². The van der Waals surface area contributed by atoms with E-state index < -0.39 is 11.4 Å². The van der Waals surface area contributed by atoms with E-state index in [-0.39, 0.29) is 47.4 Å². The van der Waals surface area contributed by atoms with Crippen LogP contribution in [0.2, 0.25) is 0 Å². The number of rotatable bonds is 6. The zero-order valence-electron chi connectivity index (χ0n) is 19.8. The van der Waals surface area contributed by atoms with Crippen molar-refractivity contribution in [2.45, 2.75) is 56.7 Å². The van der Waals surface area contributed by atoms with Crippen molar-refractivity contribution >= 4 is 28.7 Å². The lowest BCUT2D eigenvalue weighted by atomic mass is 9.91. The zero-order chi connectivity index (χ0) is 25.1. The van der Waals surface area contributed by atoms with E-state index in [4.69, 9.17) is 4.74 Å². The smallest absolute Gasteiger partial charge is 0.333 e. The second-order valence-electron chi connectivity index (χ2n) is 9.23. The van der Waals surface area contributed by atoms with Crippen LogP contribution in [0, 0.1) is 5.82 Å². The van der Waals surface area contributed by atoms with Crippen molar-refractivity contribution in [3.63, 3.8) is 0 Å². The molecule has 3 aromatic rings. The molecule has 11 heteroatoms. The summed E-state index contributed by atoms with van der Waals surface area (Å²) in [6.07, 6.45) is 6.59. The highest BCUT2D eigenvalue weighted by atomic mass is 32.2. The minimum absolute atomic E-state index is 0.0687. The van der Waals surface area contributed by atoms with E-state index in [1.807, 2.05) is 11.8 Å². The first-order valence-corrected chi connectivity index (χ1v) is 13.4. The molecule has 9 nitrogen and oxygen atoms in total. The number of halogens is 1. The van der Waals surface area contributed by atoms with Crippen LogP contribution < -0.4 is 21.3 Å². The van der Waals surface area contributed by atoms with E-state index in [1.54, 1.807) is 29.0 Å². The van der Waals surface area contributed by atoms with E-state index >= 15 is 0 Å². The normalized spacial score (nSPS) is 20.8. The van der Waals surface area contributed by atoms with Gasteiger partial charge in [-0.05, 0) is 62.2 Å². The van der Waals surface area contributed by atoms with Gasteiger partial charge in [0, 0.05) is 30.4 Å². The van der Waals surface area contributed by atoms with Crippen LogP contribution in [0.25, 0.3) is 11.0 Å². The van der Waals surface area contributed by atoms with Crippen LogP contribution in [0.1, 0.15) is 50.6 Å². The number of hydrogen-bond donors (Lipinski definition) is 1. The van der Waals surface area contributed by atoms with Gasteiger partial charge >= 0.3 is 5.69 Å². The number of pyridine rings is 2. The van der Waals surface area contributed by atoms with Crippen molar-refractivity contribution in [2.75, 3.05) is 18.1 Å². The molecule has 1 saturated carbocycles. The Hall–Kier alpha value is -3.21. The molecule has 0 atom stereocenters. The fourth-order valence-corrected chi connectivity index (χ4v) is 6.20. The summed E-state index contributed by atoms with van der Waals surface area (Å²) in [5.41, 5.74) is -0.618. The summed E-state index contributed by atoms with van der Waals surface area (Å²) in [4.78, 5) is 47.5. The second kappa shape index (κ2) is 10.8. The first kappa shape index (κ1) is 24.5. The molecule has 0 unspecified atom stereocenters. The quantitative estimate of drug-likeness (QED) is 0.540. The summed E-state index contributed by atoms with van der Waals surface area (Å²) in [6, 6.07) is 5.95. The van der Waals surface area contributed by atoms with Crippen molar-refractivity contribution in [3.8, 4) is 5.88 Å². The Morgan fingerprint density at radius 3 is 2.53 bits per heavy atom. The van der Waals surface area contributed by atoms with Gasteiger partial charge in [0.2, 0.25) is 5.88 Å². The van der Waals surface area contributed by atoms with Crippen LogP contribution in [-0.4, -0.2) is 49.2 Å². The van der Waals surface area contributed by atoms with Crippen LogP contribution >= 0.6 is 11.8 Å². The fourth-order valence-electron chi connectivity index (χ4n) is 5.12. The molecule has 0 radical (unpaired) electrons. The standard InChI is InChI=1S/C25H28FN5O4S/c26-16-13-20-23(28-14-16)30(19-8-11-36-12-9-19)25(34)31(24(20)33)18-6-4-17(5-7-18)29-21(32)15-35-22-3-1-2-10-27-22/h1-3,10,13-14,17-19H,4-9,11-12,15H2,(H,29,32). The van der Waals surface area contributed by atoms with Gasteiger partial charge in [0.15, 0.2) is 6.61 Å². The first-order valence-electron chi connectivity index (χ1n) is 12.2. The number of hydrogen-bond acceptors (Lipinski definition) is 7. The molecular weight excluding hydrogens is 485 g/mol. The van der Waals surface area contributed by atoms with Crippen molar-refractivity contribution in [1.82, 2.24) is 24.4 Å². The van der Waals surface area contributed by atoms with Gasteiger partial charge in [-0.1, -0.05) is 6.07 Å². The molecule has 190 valence electrons. The molecule has 2 aliphatic rings. The molecule has 1 saturated heterocycles. The van der Waals surface area contributed by atoms with Crippen molar-refractivity contribution < 1.29 is 13.9 Å². The SMILES string of the molecule is O=C(COc1ccccn1)NC1CCC(n2c(=O)c3cc(F)cnc3n(C3CCSCC3)c2=O)CC1. The van der Waals surface area contributed by atoms with Gasteiger partial charge in [-0.3, -0.25) is 18.7 Å². The van der Waals surface area contributed by atoms with E-state index in [0.29, 0.717) is 31.6 Å². The Labute approximate surface area is 211 Å². The maximum absolute atomic E-state index is 14.1. The van der Waals surface area contributed by atoms with Gasteiger partial charge in [0.25, 0.3) is 11.5 Å². The van der Waals surface area contributed by atoms with Gasteiger partial charge in [-0.25, -0.2) is 19.2 Å². The van der Waals surface area contributed by atoms with Gasteiger partial charge in [-0.15, -0.1) is 0 Å². The van der Waals surface area contributed by atoms with Crippen LogP contribution in [0.5, 0.6) is 5.88 Å². The number of fused-ring (bicyclic) bond motifs is 1. The number of carbonyl (C=O) groups is 1. The van der Waals surface area contributed by atoms with Crippen LogP contribution in [0.4, 0.5) is 4.39 Å². The van der Waals surface area contributed by atoms with Crippen molar-refractivity contribution in [3.05, 3.63) is 63.3 Å². The summed E-state index contributed by atoms with van der Waals surface area (Å²) in [5.74, 6) is 1.38. The number of nitrogens with one attached hydrogen (secondary N) is 1. The molecule has 4 heterocycles. The topological polar surface area (TPSA) is 108 Å². The molecule has 0 spiro atoms. The minimum atomic E-state index is -0.602. The van der Waals surface area contributed by atoms with E-state index in [0.717, 1.165) is 30.5 Å². The Morgan fingerprint density at radius 2 is 1.81 bits per heavy atom. The zero-order valence-corrected chi connectivity index (χ0v) is 20.6. The second-order valence-corrected chi connectivity index (χ2v) is 10.5. The lowest BCUT2D eigenvalue weighted by molar-refractivity contribution is -0.124. The first-order chi connectivity index (χ1) is 17.5. The maximum atomic E-state index is 14.1. The third-order valence-corrected chi connectivity index (χ3v) is 7.94. The average Bonchev–Trinajstić information content (AvgIpc) is 2.90. The third-order valence-electron chi connectivity index (χ3n) is 6.89. The third kappa shape index (κ3) is 5.16. The number of thioether (sulfide) groups is 1. The van der Waals surface area contributed by atoms with Gasteiger partial charge in [-0.2, -0.15) is 11.8 Å². The molecule has 0 bridgehead atoms. The van der Waals surface area contributed by atoms with Crippen molar-refractivity contribution in [2.24, 2.45) is 0 Å². The summed E-state index contributed by atoms with van der Waals surface area (Å²) in [7, 11) is 0. The Bertz CT molecular complexity index is 1350. The van der Waals surface area contributed by atoms with Crippen LogP contribution in [-0.2, 0) is 4.79 Å². The molecule has 0 aromatic carbocycles. The molecule has 1 aliphatic heterocycles. The highest BCUT2D eigenvalue weighted by Gasteiger charge is 2.29. The number of carbonyl (C=O) groups excluding carboxylic acids is 1. The van der Waals surface area contributed by atoms with Gasteiger partial charge < -0.3 is 10.1 Å². The van der Waals surface area contributed by atoms with Crippen LogP contribution in [0.15, 0.2) is 46.2 Å². The summed E-state index contributed by atoms with van der Waals surface area (Å²) >= 11 is 1.84. The monoisotopic (exact) mass is 513 g/mol. The average molecular weight is 514 g/mol. The lowest BCUT2D eigenvalue weighted by Crippen LogP contribution is -2.47. The molecule has 5 rings (SSSR count). The van der Waals surface area contributed by atoms with E-state index in [2.05, 4.69) is 15.3 Å². The summed E-state index contributed by atoms with van der Waals surface area (Å²) < 4.78 is 22.4. The molecule has 1 aliphatic carbocycles. The highest BCUT2D eigenvalue weighted by Crippen LogP contribution is 2.30. The van der Waals surface area contributed by atoms with Crippen LogP contribution in [0.3, 0.4) is 0 Å². The van der Waals surface area contributed by atoms with E-state index in [1.165, 1.54) is 10.6 Å². The highest BCUT2D eigenvalue weighted by molar-refractivity contribution is 7.99. The Kier molecular flexibility index (Phi) is 7.35. The number of amides is 1.